The molecule has 0 aliphatic rings. The molecule has 0 saturated carbocycles. The third kappa shape index (κ3) is 6.03. The van der Waals surface area contributed by atoms with Crippen LogP contribution >= 0.6 is 0 Å². The number of carboxylic acids is 1. The molecule has 6 heteroatoms. The molecule has 0 aromatic heterocycles. The minimum Gasteiger partial charge on any atom is -0.493 e. The number of benzene rings is 1. The second-order valence-corrected chi connectivity index (χ2v) is 4.82. The monoisotopic (exact) mass is 309 g/mol. The van der Waals surface area contributed by atoms with Gasteiger partial charge >= 0.3 is 5.97 Å². The maximum atomic E-state index is 12.0. The molecule has 0 atom stereocenters. The van der Waals surface area contributed by atoms with E-state index in [4.69, 9.17) is 14.6 Å². The SMILES string of the molecule is CCCCOc1ccc(C(=O)NCCCC(=O)O)cc1OC. The average molecular weight is 309 g/mol. The lowest BCUT2D eigenvalue weighted by Crippen LogP contribution is -2.24. The van der Waals surface area contributed by atoms with Crippen LogP contribution in [0.3, 0.4) is 0 Å². The van der Waals surface area contributed by atoms with Crippen molar-refractivity contribution in [3.05, 3.63) is 23.8 Å². The molecule has 0 unspecified atom stereocenters. The Balaban J connectivity index is 2.59. The number of hydrogen-bond acceptors (Lipinski definition) is 4. The van der Waals surface area contributed by atoms with Gasteiger partial charge in [0.25, 0.3) is 5.91 Å². The first-order chi connectivity index (χ1) is 10.6. The number of ether oxygens (including phenoxy) is 2. The number of methoxy groups -OCH3 is 1. The van der Waals surface area contributed by atoms with Crippen molar-refractivity contribution in [2.75, 3.05) is 20.3 Å². The van der Waals surface area contributed by atoms with Gasteiger partial charge in [-0.1, -0.05) is 13.3 Å². The smallest absolute Gasteiger partial charge is 0.303 e. The molecule has 1 aromatic rings. The van der Waals surface area contributed by atoms with E-state index in [1.165, 1.54) is 7.11 Å². The highest BCUT2D eigenvalue weighted by Gasteiger charge is 2.11. The van der Waals surface area contributed by atoms with Gasteiger partial charge in [-0.25, -0.2) is 0 Å². The summed E-state index contributed by atoms with van der Waals surface area (Å²) < 4.78 is 10.8. The standard InChI is InChI=1S/C16H23NO5/c1-3-4-10-22-13-8-7-12(11-14(13)21-2)16(20)17-9-5-6-15(18)19/h7-8,11H,3-6,9-10H2,1-2H3,(H,17,20)(H,18,19). The second-order valence-electron chi connectivity index (χ2n) is 4.82. The van der Waals surface area contributed by atoms with Crippen LogP contribution < -0.4 is 14.8 Å². The predicted molar refractivity (Wildman–Crippen MR) is 82.6 cm³/mol. The average Bonchev–Trinajstić information content (AvgIpc) is 2.51. The van der Waals surface area contributed by atoms with E-state index in [9.17, 15) is 9.59 Å². The Labute approximate surface area is 130 Å². The van der Waals surface area contributed by atoms with Crippen molar-refractivity contribution < 1.29 is 24.2 Å². The molecule has 0 aliphatic heterocycles. The summed E-state index contributed by atoms with van der Waals surface area (Å²) in [6.45, 7) is 3.01. The molecule has 0 heterocycles. The van der Waals surface area contributed by atoms with Gasteiger partial charge in [0.15, 0.2) is 11.5 Å². The van der Waals surface area contributed by atoms with Crippen LogP contribution in [0.25, 0.3) is 0 Å². The van der Waals surface area contributed by atoms with Gasteiger partial charge in [-0.2, -0.15) is 0 Å². The fourth-order valence-corrected chi connectivity index (χ4v) is 1.80. The molecule has 0 spiro atoms. The first-order valence-electron chi connectivity index (χ1n) is 7.39. The van der Waals surface area contributed by atoms with Gasteiger partial charge in [-0.05, 0) is 31.0 Å². The van der Waals surface area contributed by atoms with Crippen LogP contribution in [0.2, 0.25) is 0 Å². The summed E-state index contributed by atoms with van der Waals surface area (Å²) in [6, 6.07) is 4.99. The van der Waals surface area contributed by atoms with Crippen LogP contribution in [0.5, 0.6) is 11.5 Å². The highest BCUT2D eigenvalue weighted by Crippen LogP contribution is 2.28. The Kier molecular flexibility index (Phi) is 7.81. The van der Waals surface area contributed by atoms with Crippen molar-refractivity contribution in [1.82, 2.24) is 5.32 Å². The van der Waals surface area contributed by atoms with Gasteiger partial charge in [0, 0.05) is 18.5 Å². The number of nitrogens with one attached hydrogen (secondary N) is 1. The van der Waals surface area contributed by atoms with Gasteiger partial charge in [0.2, 0.25) is 0 Å². The Hall–Kier alpha value is -2.24. The zero-order valence-electron chi connectivity index (χ0n) is 13.1. The summed E-state index contributed by atoms with van der Waals surface area (Å²) in [5, 5.41) is 11.2. The summed E-state index contributed by atoms with van der Waals surface area (Å²) in [4.78, 5) is 22.4. The van der Waals surface area contributed by atoms with E-state index in [0.717, 1.165) is 12.8 Å². The number of carbonyl (C=O) groups excluding carboxylic acids is 1. The molecule has 1 amide bonds. The lowest BCUT2D eigenvalue weighted by Gasteiger charge is -2.12. The lowest BCUT2D eigenvalue weighted by molar-refractivity contribution is -0.137. The summed E-state index contributed by atoms with van der Waals surface area (Å²) in [6.07, 6.45) is 2.43. The van der Waals surface area contributed by atoms with Crippen molar-refractivity contribution >= 4 is 11.9 Å². The van der Waals surface area contributed by atoms with E-state index in [-0.39, 0.29) is 12.3 Å². The minimum atomic E-state index is -0.871. The van der Waals surface area contributed by atoms with Crippen molar-refractivity contribution in [3.63, 3.8) is 0 Å². The molecule has 122 valence electrons. The zero-order valence-corrected chi connectivity index (χ0v) is 13.1. The predicted octanol–water partition coefficient (Wildman–Crippen LogP) is 2.47. The minimum absolute atomic E-state index is 0.0355. The Morgan fingerprint density at radius 1 is 1.23 bits per heavy atom. The molecular formula is C16H23NO5. The first kappa shape index (κ1) is 17.8. The molecule has 1 aromatic carbocycles. The number of unbranched alkanes of at least 4 members (excludes halogenated alkanes) is 1. The maximum absolute atomic E-state index is 12.0. The van der Waals surface area contributed by atoms with Crippen LogP contribution in [0.15, 0.2) is 18.2 Å². The number of rotatable bonds is 10. The number of aliphatic carboxylic acids is 1. The number of hydrogen-bond donors (Lipinski definition) is 2. The van der Waals surface area contributed by atoms with Crippen LogP contribution in [-0.4, -0.2) is 37.2 Å². The fraction of sp³-hybridized carbons (Fsp3) is 0.500. The van der Waals surface area contributed by atoms with Crippen molar-refractivity contribution in [2.45, 2.75) is 32.6 Å². The van der Waals surface area contributed by atoms with E-state index in [2.05, 4.69) is 12.2 Å². The Morgan fingerprint density at radius 3 is 2.64 bits per heavy atom. The van der Waals surface area contributed by atoms with Gasteiger partial charge < -0.3 is 19.9 Å². The first-order valence-corrected chi connectivity index (χ1v) is 7.39. The van der Waals surface area contributed by atoms with Crippen LogP contribution in [-0.2, 0) is 4.79 Å². The molecule has 0 saturated heterocycles. The fourth-order valence-electron chi connectivity index (χ4n) is 1.80. The highest BCUT2D eigenvalue weighted by atomic mass is 16.5. The van der Waals surface area contributed by atoms with Crippen molar-refractivity contribution in [2.24, 2.45) is 0 Å². The molecule has 2 N–H and O–H groups in total. The van der Waals surface area contributed by atoms with Crippen LogP contribution in [0, 0.1) is 0 Å². The molecule has 22 heavy (non-hydrogen) atoms. The van der Waals surface area contributed by atoms with E-state index in [1.54, 1.807) is 18.2 Å². The van der Waals surface area contributed by atoms with Gasteiger partial charge in [0.1, 0.15) is 0 Å². The normalized spacial score (nSPS) is 10.1. The number of carbonyl (C=O) groups is 2. The molecular weight excluding hydrogens is 286 g/mol. The van der Waals surface area contributed by atoms with E-state index >= 15 is 0 Å². The van der Waals surface area contributed by atoms with Crippen molar-refractivity contribution in [1.29, 1.82) is 0 Å². The topological polar surface area (TPSA) is 84.9 Å². The lowest BCUT2D eigenvalue weighted by atomic mass is 10.2. The summed E-state index contributed by atoms with van der Waals surface area (Å²) in [5.41, 5.74) is 0.454. The third-order valence-corrected chi connectivity index (χ3v) is 3.03. The van der Waals surface area contributed by atoms with Gasteiger partial charge in [-0.3, -0.25) is 9.59 Å². The summed E-state index contributed by atoms with van der Waals surface area (Å²) in [7, 11) is 1.52. The Morgan fingerprint density at radius 2 is 2.00 bits per heavy atom. The molecule has 0 aliphatic carbocycles. The highest BCUT2D eigenvalue weighted by molar-refractivity contribution is 5.94. The second kappa shape index (κ2) is 9.65. The number of amides is 1. The zero-order chi connectivity index (χ0) is 16.4. The van der Waals surface area contributed by atoms with E-state index in [0.29, 0.717) is 36.6 Å². The molecule has 6 nitrogen and oxygen atoms in total. The van der Waals surface area contributed by atoms with Gasteiger partial charge in [-0.15, -0.1) is 0 Å². The maximum Gasteiger partial charge on any atom is 0.303 e. The molecule has 0 bridgehead atoms. The van der Waals surface area contributed by atoms with E-state index in [1.807, 2.05) is 0 Å². The third-order valence-electron chi connectivity index (χ3n) is 3.03. The summed E-state index contributed by atoms with van der Waals surface area (Å²) >= 11 is 0. The molecule has 0 radical (unpaired) electrons. The quantitative estimate of drug-likeness (QED) is 0.649. The largest absolute Gasteiger partial charge is 0.493 e. The number of carboxylic acid groups (broad SMARTS) is 1. The van der Waals surface area contributed by atoms with Crippen LogP contribution in [0.4, 0.5) is 0 Å². The molecule has 0 fully saturated rings. The Bertz CT molecular complexity index is 501. The van der Waals surface area contributed by atoms with Gasteiger partial charge in [0.05, 0.1) is 13.7 Å². The molecule has 1 rings (SSSR count). The van der Waals surface area contributed by atoms with Crippen molar-refractivity contribution in [3.8, 4) is 11.5 Å². The van der Waals surface area contributed by atoms with Crippen LogP contribution in [0.1, 0.15) is 43.0 Å². The summed E-state index contributed by atoms with van der Waals surface area (Å²) in [5.74, 6) is -0.0130. The van der Waals surface area contributed by atoms with E-state index < -0.39 is 5.97 Å².